The highest BCUT2D eigenvalue weighted by molar-refractivity contribution is 5.75. The lowest BCUT2D eigenvalue weighted by atomic mass is 9.89. The van der Waals surface area contributed by atoms with Crippen LogP contribution in [0.15, 0.2) is 10.9 Å². The van der Waals surface area contributed by atoms with E-state index in [0.717, 1.165) is 30.6 Å². The van der Waals surface area contributed by atoms with E-state index in [2.05, 4.69) is 10.3 Å². The van der Waals surface area contributed by atoms with Crippen molar-refractivity contribution in [3.8, 4) is 0 Å². The molecule has 132 valence electrons. The van der Waals surface area contributed by atoms with Gasteiger partial charge in [-0.3, -0.25) is 4.79 Å². The van der Waals surface area contributed by atoms with Crippen LogP contribution in [0, 0.1) is 19.8 Å². The molecule has 2 saturated carbocycles. The highest BCUT2D eigenvalue weighted by Gasteiger charge is 2.34. The third kappa shape index (κ3) is 4.19. The highest BCUT2D eigenvalue weighted by Crippen LogP contribution is 2.31. The van der Waals surface area contributed by atoms with Crippen LogP contribution in [0.2, 0.25) is 0 Å². The van der Waals surface area contributed by atoms with Crippen molar-refractivity contribution in [3.05, 3.63) is 33.2 Å². The van der Waals surface area contributed by atoms with Crippen LogP contribution in [-0.4, -0.2) is 28.5 Å². The minimum atomic E-state index is -0.0990. The fourth-order valence-corrected chi connectivity index (χ4v) is 3.80. The molecule has 2 fully saturated rings. The van der Waals surface area contributed by atoms with Gasteiger partial charge in [-0.05, 0) is 57.1 Å². The fourth-order valence-electron chi connectivity index (χ4n) is 3.80. The van der Waals surface area contributed by atoms with Gasteiger partial charge < -0.3 is 15.2 Å². The molecule has 0 bridgehead atoms. The van der Waals surface area contributed by atoms with Gasteiger partial charge in [0.1, 0.15) is 0 Å². The minimum Gasteiger partial charge on any atom is -0.334 e. The summed E-state index contributed by atoms with van der Waals surface area (Å²) in [6.45, 7) is 4.97. The number of rotatable bonds is 5. The Morgan fingerprint density at radius 3 is 2.54 bits per heavy atom. The third-order valence-electron chi connectivity index (χ3n) is 5.34. The summed E-state index contributed by atoms with van der Waals surface area (Å²) < 4.78 is 0. The number of nitrogens with one attached hydrogen (secondary N) is 2. The molecule has 5 nitrogen and oxygen atoms in total. The van der Waals surface area contributed by atoms with Crippen LogP contribution in [0.4, 0.5) is 4.79 Å². The van der Waals surface area contributed by atoms with Gasteiger partial charge in [0.15, 0.2) is 0 Å². The minimum absolute atomic E-state index is 0.0116. The van der Waals surface area contributed by atoms with Crippen LogP contribution >= 0.6 is 0 Å². The van der Waals surface area contributed by atoms with Crippen LogP contribution in [0.25, 0.3) is 0 Å². The number of aromatic amines is 1. The number of H-pyrrole nitrogens is 1. The standard InChI is InChI=1S/C19H29N3O2/c1-13-10-14(2)21-18(23)17(13)11-20-19(24)22(16-8-9-16)12-15-6-4-3-5-7-15/h10,15-16H,3-9,11-12H2,1-2H3,(H,20,24)(H,21,23). The number of aromatic nitrogens is 1. The number of hydrogen-bond acceptors (Lipinski definition) is 2. The number of urea groups is 1. The van der Waals surface area contributed by atoms with E-state index >= 15 is 0 Å². The van der Waals surface area contributed by atoms with Gasteiger partial charge in [-0.25, -0.2) is 4.79 Å². The average Bonchev–Trinajstić information content (AvgIpc) is 3.37. The van der Waals surface area contributed by atoms with Gasteiger partial charge in [0.2, 0.25) is 0 Å². The normalized spacial score (nSPS) is 18.4. The molecular weight excluding hydrogens is 302 g/mol. The number of amides is 2. The zero-order valence-corrected chi connectivity index (χ0v) is 14.9. The van der Waals surface area contributed by atoms with Gasteiger partial charge in [0.05, 0.1) is 6.54 Å². The Morgan fingerprint density at radius 2 is 1.92 bits per heavy atom. The van der Waals surface area contributed by atoms with Crippen LogP contribution in [-0.2, 0) is 6.54 Å². The summed E-state index contributed by atoms with van der Waals surface area (Å²) in [5.41, 5.74) is 2.34. The summed E-state index contributed by atoms with van der Waals surface area (Å²) >= 11 is 0. The van der Waals surface area contributed by atoms with Crippen molar-refractivity contribution >= 4 is 6.03 Å². The Bertz CT molecular complexity index is 643. The van der Waals surface area contributed by atoms with E-state index in [0.29, 0.717) is 24.1 Å². The topological polar surface area (TPSA) is 65.2 Å². The van der Waals surface area contributed by atoms with Gasteiger partial charge in [0.25, 0.3) is 5.56 Å². The Kier molecular flexibility index (Phi) is 5.27. The Labute approximate surface area is 143 Å². The second-order valence-electron chi connectivity index (χ2n) is 7.49. The Morgan fingerprint density at radius 1 is 1.21 bits per heavy atom. The molecule has 2 aliphatic rings. The average molecular weight is 331 g/mol. The summed E-state index contributed by atoms with van der Waals surface area (Å²) in [4.78, 5) is 29.6. The van der Waals surface area contributed by atoms with Crippen molar-refractivity contribution in [1.82, 2.24) is 15.2 Å². The number of nitrogens with zero attached hydrogens (tertiary/aromatic N) is 1. The molecule has 5 heteroatoms. The summed E-state index contributed by atoms with van der Waals surface area (Å²) in [7, 11) is 0. The van der Waals surface area contributed by atoms with Gasteiger partial charge in [-0.1, -0.05) is 19.3 Å². The first kappa shape index (κ1) is 17.1. The lowest BCUT2D eigenvalue weighted by molar-refractivity contribution is 0.174. The second-order valence-corrected chi connectivity index (χ2v) is 7.49. The predicted molar refractivity (Wildman–Crippen MR) is 95.1 cm³/mol. The van der Waals surface area contributed by atoms with Gasteiger partial charge in [0, 0.05) is 23.8 Å². The van der Waals surface area contributed by atoms with Crippen molar-refractivity contribution in [2.45, 2.75) is 71.4 Å². The van der Waals surface area contributed by atoms with E-state index in [4.69, 9.17) is 0 Å². The van der Waals surface area contributed by atoms with Gasteiger partial charge in [-0.2, -0.15) is 0 Å². The molecule has 0 radical (unpaired) electrons. The van der Waals surface area contributed by atoms with E-state index in [1.54, 1.807) is 0 Å². The number of pyridine rings is 1. The Hall–Kier alpha value is -1.78. The van der Waals surface area contributed by atoms with Crippen molar-refractivity contribution < 1.29 is 4.79 Å². The summed E-state index contributed by atoms with van der Waals surface area (Å²) in [6, 6.07) is 2.34. The molecule has 0 aliphatic heterocycles. The predicted octanol–water partition coefficient (Wildman–Crippen LogP) is 3.25. The maximum atomic E-state index is 12.7. The fraction of sp³-hybridized carbons (Fsp3) is 0.684. The van der Waals surface area contributed by atoms with Crippen molar-refractivity contribution in [3.63, 3.8) is 0 Å². The van der Waals surface area contributed by atoms with Crippen LogP contribution in [0.1, 0.15) is 61.8 Å². The molecule has 0 aromatic carbocycles. The summed E-state index contributed by atoms with van der Waals surface area (Å²) in [5.74, 6) is 0.648. The van der Waals surface area contributed by atoms with E-state index in [1.807, 2.05) is 24.8 Å². The van der Waals surface area contributed by atoms with Crippen LogP contribution < -0.4 is 10.9 Å². The first-order valence-electron chi connectivity index (χ1n) is 9.28. The van der Waals surface area contributed by atoms with Crippen LogP contribution in [0.3, 0.4) is 0 Å². The quantitative estimate of drug-likeness (QED) is 0.870. The molecule has 0 atom stereocenters. The first-order chi connectivity index (χ1) is 11.5. The van der Waals surface area contributed by atoms with Crippen molar-refractivity contribution in [2.75, 3.05) is 6.54 Å². The van der Waals surface area contributed by atoms with E-state index < -0.39 is 0 Å². The lowest BCUT2D eigenvalue weighted by Gasteiger charge is -2.30. The van der Waals surface area contributed by atoms with Crippen molar-refractivity contribution in [1.29, 1.82) is 0 Å². The van der Waals surface area contributed by atoms with Gasteiger partial charge >= 0.3 is 6.03 Å². The monoisotopic (exact) mass is 331 g/mol. The molecule has 24 heavy (non-hydrogen) atoms. The molecule has 2 N–H and O–H groups in total. The zero-order valence-electron chi connectivity index (χ0n) is 14.9. The molecular formula is C19H29N3O2. The SMILES string of the molecule is Cc1cc(C)c(CNC(=O)N(CC2CCCCC2)C2CC2)c(=O)[nH]1. The molecule has 2 amide bonds. The van der Waals surface area contributed by atoms with E-state index in [9.17, 15) is 9.59 Å². The number of aryl methyl sites for hydroxylation is 2. The number of carbonyl (C=O) groups is 1. The van der Waals surface area contributed by atoms with E-state index in [-0.39, 0.29) is 11.6 Å². The molecule has 1 aromatic heterocycles. The second kappa shape index (κ2) is 7.41. The molecule has 2 aliphatic carbocycles. The number of carbonyl (C=O) groups excluding carboxylic acids is 1. The smallest absolute Gasteiger partial charge is 0.317 e. The first-order valence-corrected chi connectivity index (χ1v) is 9.28. The molecule has 0 spiro atoms. The Balaban J connectivity index is 1.61. The molecule has 0 unspecified atom stereocenters. The van der Waals surface area contributed by atoms with Crippen LogP contribution in [0.5, 0.6) is 0 Å². The maximum absolute atomic E-state index is 12.7. The summed E-state index contributed by atoms with van der Waals surface area (Å²) in [6.07, 6.45) is 8.64. The maximum Gasteiger partial charge on any atom is 0.317 e. The van der Waals surface area contributed by atoms with E-state index in [1.165, 1.54) is 32.1 Å². The lowest BCUT2D eigenvalue weighted by Crippen LogP contribution is -2.44. The highest BCUT2D eigenvalue weighted by atomic mass is 16.2. The molecule has 1 heterocycles. The molecule has 1 aromatic rings. The summed E-state index contributed by atoms with van der Waals surface area (Å²) in [5, 5.41) is 2.98. The number of hydrogen-bond donors (Lipinski definition) is 2. The molecule has 3 rings (SSSR count). The van der Waals surface area contributed by atoms with Crippen molar-refractivity contribution in [2.24, 2.45) is 5.92 Å². The zero-order chi connectivity index (χ0) is 17.1. The third-order valence-corrected chi connectivity index (χ3v) is 5.34. The molecule has 0 saturated heterocycles. The van der Waals surface area contributed by atoms with Gasteiger partial charge in [-0.15, -0.1) is 0 Å². The largest absolute Gasteiger partial charge is 0.334 e.